The quantitative estimate of drug-likeness (QED) is 0.291. The van der Waals surface area contributed by atoms with Gasteiger partial charge in [0.15, 0.2) is 6.29 Å². The summed E-state index contributed by atoms with van der Waals surface area (Å²) in [6.07, 6.45) is 0.105. The Morgan fingerprint density at radius 2 is 1.60 bits per heavy atom. The number of hydrogen-bond donors (Lipinski definition) is 0. The maximum atomic E-state index is 9.82. The van der Waals surface area contributed by atoms with Gasteiger partial charge in [-0.25, -0.2) is 4.79 Å². The zero-order valence-corrected chi connectivity index (χ0v) is 9.82. The second-order valence-electron chi connectivity index (χ2n) is 2.35. The van der Waals surface area contributed by atoms with Crippen molar-refractivity contribution in [2.75, 3.05) is 19.8 Å². The van der Waals surface area contributed by atoms with Crippen molar-refractivity contribution in [1.82, 2.24) is 0 Å². The highest BCUT2D eigenvalue weighted by Crippen LogP contribution is 1.90. The molecule has 0 aliphatic carbocycles. The lowest BCUT2D eigenvalue weighted by molar-refractivity contribution is -0.148. The van der Waals surface area contributed by atoms with Gasteiger partial charge in [-0.15, -0.1) is 0 Å². The summed E-state index contributed by atoms with van der Waals surface area (Å²) < 4.78 is 14.3. The number of carbonyl (C=O) groups excluding carboxylic acids is 2. The molecular formula is C10H20O5. The van der Waals surface area contributed by atoms with Crippen LogP contribution in [0.5, 0.6) is 0 Å². The third-order valence-electron chi connectivity index (χ3n) is 1.19. The minimum absolute atomic E-state index is 0.0370. The Morgan fingerprint density at radius 3 is 1.80 bits per heavy atom. The molecular weight excluding hydrogens is 200 g/mol. The van der Waals surface area contributed by atoms with E-state index in [0.717, 1.165) is 13.2 Å². The molecule has 90 valence electrons. The Kier molecular flexibility index (Phi) is 14.4. The third-order valence-corrected chi connectivity index (χ3v) is 1.19. The van der Waals surface area contributed by atoms with Crippen molar-refractivity contribution in [1.29, 1.82) is 0 Å². The molecule has 0 radical (unpaired) electrons. The van der Waals surface area contributed by atoms with E-state index in [2.05, 4.69) is 4.74 Å². The zero-order chi connectivity index (χ0) is 12.1. The van der Waals surface area contributed by atoms with E-state index in [-0.39, 0.29) is 19.2 Å². The SMILES string of the molecule is CCOC(=O)C=O.CCOC(C)OCC. The molecule has 0 saturated carbocycles. The van der Waals surface area contributed by atoms with Crippen LogP contribution < -0.4 is 0 Å². The predicted molar refractivity (Wildman–Crippen MR) is 55.4 cm³/mol. The molecule has 15 heavy (non-hydrogen) atoms. The van der Waals surface area contributed by atoms with Crippen molar-refractivity contribution in [3.8, 4) is 0 Å². The second-order valence-corrected chi connectivity index (χ2v) is 2.35. The van der Waals surface area contributed by atoms with Gasteiger partial charge in [-0.1, -0.05) is 0 Å². The molecule has 0 aliphatic rings. The summed E-state index contributed by atoms with van der Waals surface area (Å²) in [7, 11) is 0. The molecule has 0 unspecified atom stereocenters. The number of hydrogen-bond acceptors (Lipinski definition) is 5. The molecule has 0 spiro atoms. The summed E-state index contributed by atoms with van der Waals surface area (Å²) in [5, 5.41) is 0. The Balaban J connectivity index is 0. The van der Waals surface area contributed by atoms with Crippen molar-refractivity contribution >= 4 is 12.3 Å². The van der Waals surface area contributed by atoms with Gasteiger partial charge in [0.2, 0.25) is 6.29 Å². The van der Waals surface area contributed by atoms with Crippen molar-refractivity contribution in [2.45, 2.75) is 34.0 Å². The van der Waals surface area contributed by atoms with Crippen LogP contribution in [0.15, 0.2) is 0 Å². The number of ether oxygens (including phenoxy) is 3. The van der Waals surface area contributed by atoms with Crippen LogP contribution in [0.1, 0.15) is 27.7 Å². The maximum Gasteiger partial charge on any atom is 0.371 e. The fourth-order valence-electron chi connectivity index (χ4n) is 0.694. The van der Waals surface area contributed by atoms with Crippen LogP contribution in [-0.4, -0.2) is 38.4 Å². The van der Waals surface area contributed by atoms with E-state index in [1.807, 2.05) is 20.8 Å². The summed E-state index contributed by atoms with van der Waals surface area (Å²) in [5.74, 6) is -0.803. The highest BCUT2D eigenvalue weighted by atomic mass is 16.7. The zero-order valence-electron chi connectivity index (χ0n) is 9.82. The fourth-order valence-corrected chi connectivity index (χ4v) is 0.694. The van der Waals surface area contributed by atoms with Gasteiger partial charge in [-0.05, 0) is 27.7 Å². The van der Waals surface area contributed by atoms with Gasteiger partial charge in [0, 0.05) is 13.2 Å². The predicted octanol–water partition coefficient (Wildman–Crippen LogP) is 1.15. The first-order chi connectivity index (χ1) is 7.12. The van der Waals surface area contributed by atoms with E-state index in [1.165, 1.54) is 0 Å². The van der Waals surface area contributed by atoms with Crippen LogP contribution in [0.3, 0.4) is 0 Å². The van der Waals surface area contributed by atoms with Gasteiger partial charge >= 0.3 is 5.97 Å². The molecule has 0 fully saturated rings. The van der Waals surface area contributed by atoms with Crippen LogP contribution in [0, 0.1) is 0 Å². The Hall–Kier alpha value is -0.940. The summed E-state index contributed by atoms with van der Waals surface area (Å²) in [6, 6.07) is 0. The highest BCUT2D eigenvalue weighted by Gasteiger charge is 1.94. The van der Waals surface area contributed by atoms with Crippen molar-refractivity contribution in [3.05, 3.63) is 0 Å². The number of carbonyl (C=O) groups is 2. The molecule has 0 aromatic rings. The molecule has 0 rings (SSSR count). The average molecular weight is 220 g/mol. The first-order valence-corrected chi connectivity index (χ1v) is 4.97. The highest BCUT2D eigenvalue weighted by molar-refractivity contribution is 6.20. The average Bonchev–Trinajstić information content (AvgIpc) is 2.20. The van der Waals surface area contributed by atoms with E-state index >= 15 is 0 Å². The first kappa shape index (κ1) is 16.5. The fraction of sp³-hybridized carbons (Fsp3) is 0.800. The lowest BCUT2D eigenvalue weighted by Gasteiger charge is -2.09. The van der Waals surface area contributed by atoms with Crippen LogP contribution >= 0.6 is 0 Å². The van der Waals surface area contributed by atoms with Crippen LogP contribution in [0.4, 0.5) is 0 Å². The van der Waals surface area contributed by atoms with Gasteiger partial charge in [-0.3, -0.25) is 4.79 Å². The van der Waals surface area contributed by atoms with Crippen LogP contribution in [0.2, 0.25) is 0 Å². The van der Waals surface area contributed by atoms with E-state index in [4.69, 9.17) is 9.47 Å². The van der Waals surface area contributed by atoms with Crippen molar-refractivity contribution < 1.29 is 23.8 Å². The minimum atomic E-state index is -0.803. The van der Waals surface area contributed by atoms with Gasteiger partial charge in [-0.2, -0.15) is 0 Å². The topological polar surface area (TPSA) is 61.8 Å². The van der Waals surface area contributed by atoms with Crippen molar-refractivity contribution in [3.63, 3.8) is 0 Å². The monoisotopic (exact) mass is 220 g/mol. The Morgan fingerprint density at radius 1 is 1.13 bits per heavy atom. The molecule has 5 nitrogen and oxygen atoms in total. The van der Waals surface area contributed by atoms with Crippen molar-refractivity contribution in [2.24, 2.45) is 0 Å². The summed E-state index contributed by atoms with van der Waals surface area (Å²) in [4.78, 5) is 19.2. The Bertz CT molecular complexity index is 152. The molecule has 0 atom stereocenters. The van der Waals surface area contributed by atoms with Gasteiger partial charge in [0.05, 0.1) is 6.61 Å². The lowest BCUT2D eigenvalue weighted by Crippen LogP contribution is -2.11. The largest absolute Gasteiger partial charge is 0.460 e. The van der Waals surface area contributed by atoms with E-state index in [0.29, 0.717) is 0 Å². The van der Waals surface area contributed by atoms with E-state index in [1.54, 1.807) is 6.92 Å². The second kappa shape index (κ2) is 13.1. The third kappa shape index (κ3) is 15.8. The summed E-state index contributed by atoms with van der Waals surface area (Å²) in [5.41, 5.74) is 0. The number of rotatable bonds is 6. The maximum absolute atomic E-state index is 9.82. The molecule has 0 aromatic heterocycles. The number of esters is 1. The van der Waals surface area contributed by atoms with Crippen LogP contribution in [-0.2, 0) is 23.8 Å². The molecule has 0 N–H and O–H groups in total. The van der Waals surface area contributed by atoms with Gasteiger partial charge < -0.3 is 14.2 Å². The summed E-state index contributed by atoms with van der Waals surface area (Å²) >= 11 is 0. The number of aldehydes is 1. The van der Waals surface area contributed by atoms with Gasteiger partial charge in [0.1, 0.15) is 0 Å². The Labute approximate surface area is 90.7 Å². The first-order valence-electron chi connectivity index (χ1n) is 4.97. The minimum Gasteiger partial charge on any atom is -0.460 e. The smallest absolute Gasteiger partial charge is 0.371 e. The van der Waals surface area contributed by atoms with Crippen LogP contribution in [0.25, 0.3) is 0 Å². The standard InChI is InChI=1S/C6H14O2.C4H6O3/c1-4-7-6(3)8-5-2;1-2-7-4(6)3-5/h6H,4-5H2,1-3H3;3H,2H2,1H3. The molecule has 0 heterocycles. The molecule has 0 amide bonds. The van der Waals surface area contributed by atoms with Gasteiger partial charge in [0.25, 0.3) is 0 Å². The lowest BCUT2D eigenvalue weighted by atomic mass is 10.7. The molecule has 0 bridgehead atoms. The molecule has 0 aromatic carbocycles. The normalized spacial score (nSPS) is 9.13. The van der Waals surface area contributed by atoms with E-state index < -0.39 is 5.97 Å². The van der Waals surface area contributed by atoms with E-state index in [9.17, 15) is 9.59 Å². The molecule has 5 heteroatoms. The molecule has 0 aliphatic heterocycles. The molecule has 0 saturated heterocycles. The summed E-state index contributed by atoms with van der Waals surface area (Å²) in [6.45, 7) is 9.15.